The van der Waals surface area contributed by atoms with Crippen LogP contribution in [0.2, 0.25) is 0 Å². The number of nitrogens with zero attached hydrogens (tertiary/aromatic N) is 3. The van der Waals surface area contributed by atoms with Gasteiger partial charge < -0.3 is 15.5 Å². The first-order valence-corrected chi connectivity index (χ1v) is 9.69. The summed E-state index contributed by atoms with van der Waals surface area (Å²) in [7, 11) is 0. The van der Waals surface area contributed by atoms with Crippen molar-refractivity contribution < 1.29 is 22.8 Å². The molecule has 0 saturated heterocycles. The Morgan fingerprint density at radius 3 is 2.56 bits per heavy atom. The van der Waals surface area contributed by atoms with Gasteiger partial charge in [0.1, 0.15) is 0 Å². The lowest BCUT2D eigenvalue weighted by Crippen LogP contribution is -2.41. The lowest BCUT2D eigenvalue weighted by Gasteiger charge is -2.30. The number of fused-ring (bicyclic) bond motifs is 1. The van der Waals surface area contributed by atoms with Gasteiger partial charge in [-0.3, -0.25) is 14.6 Å². The Morgan fingerprint density at radius 2 is 1.88 bits per heavy atom. The summed E-state index contributed by atoms with van der Waals surface area (Å²) in [4.78, 5) is 34.5. The Balaban J connectivity index is 1.62. The van der Waals surface area contributed by atoms with Crippen molar-refractivity contribution in [2.45, 2.75) is 18.8 Å². The maximum absolute atomic E-state index is 13.6. The minimum atomic E-state index is -4.75. The van der Waals surface area contributed by atoms with Crippen molar-refractivity contribution in [1.82, 2.24) is 15.3 Å². The van der Waals surface area contributed by atoms with Gasteiger partial charge in [-0.2, -0.15) is 13.2 Å². The van der Waals surface area contributed by atoms with Gasteiger partial charge in [0, 0.05) is 12.4 Å². The van der Waals surface area contributed by atoms with E-state index in [1.807, 2.05) is 35.6 Å². The van der Waals surface area contributed by atoms with Crippen molar-refractivity contribution in [1.29, 1.82) is 0 Å². The zero-order valence-electron chi connectivity index (χ0n) is 16.6. The Morgan fingerprint density at radius 1 is 1.12 bits per heavy atom. The first-order chi connectivity index (χ1) is 15.3. The highest BCUT2D eigenvalue weighted by Gasteiger charge is 2.43. The molecule has 1 aliphatic heterocycles. The molecular weight excluding hydrogens is 423 g/mol. The topological polar surface area (TPSA) is 87.2 Å². The van der Waals surface area contributed by atoms with Crippen molar-refractivity contribution in [2.24, 2.45) is 0 Å². The Bertz CT molecular complexity index is 1120. The minimum Gasteiger partial charge on any atom is -0.359 e. The monoisotopic (exact) mass is 441 g/mol. The first-order valence-electron chi connectivity index (χ1n) is 9.69. The maximum Gasteiger partial charge on any atom is 0.414 e. The van der Waals surface area contributed by atoms with Gasteiger partial charge in [0.15, 0.2) is 11.9 Å². The summed E-state index contributed by atoms with van der Waals surface area (Å²) >= 11 is 0. The second-order valence-electron chi connectivity index (χ2n) is 7.11. The van der Waals surface area contributed by atoms with Gasteiger partial charge in [-0.05, 0) is 23.8 Å². The van der Waals surface area contributed by atoms with E-state index >= 15 is 0 Å². The standard InChI is InChI=1S/C22H18F3N5O2/c23-22(24,25)19(16-8-4-5-9-26-16)29-21(32)15-10-17-20(27-11-15)28-12-18(31)30(17)13-14-6-2-1-3-7-14/h1-11,19H,12-13H2,(H,27,28)(H,29,32). The fourth-order valence-electron chi connectivity index (χ4n) is 3.33. The average Bonchev–Trinajstić information content (AvgIpc) is 2.79. The van der Waals surface area contributed by atoms with Gasteiger partial charge in [0.25, 0.3) is 5.91 Å². The lowest BCUT2D eigenvalue weighted by molar-refractivity contribution is -0.156. The van der Waals surface area contributed by atoms with Crippen LogP contribution >= 0.6 is 0 Å². The van der Waals surface area contributed by atoms with Crippen LogP contribution < -0.4 is 15.5 Å². The number of carbonyl (C=O) groups is 2. The molecule has 2 aromatic heterocycles. The number of aromatic nitrogens is 2. The van der Waals surface area contributed by atoms with E-state index in [1.165, 1.54) is 41.6 Å². The molecule has 32 heavy (non-hydrogen) atoms. The number of carbonyl (C=O) groups excluding carboxylic acids is 2. The highest BCUT2D eigenvalue weighted by molar-refractivity contribution is 6.04. The molecule has 0 bridgehead atoms. The summed E-state index contributed by atoms with van der Waals surface area (Å²) in [6, 6.07) is 12.4. The van der Waals surface area contributed by atoms with Crippen molar-refractivity contribution in [2.75, 3.05) is 16.8 Å². The number of rotatable bonds is 5. The van der Waals surface area contributed by atoms with Crippen LogP contribution in [0.1, 0.15) is 27.7 Å². The zero-order valence-corrected chi connectivity index (χ0v) is 16.6. The van der Waals surface area contributed by atoms with E-state index < -0.39 is 18.1 Å². The van der Waals surface area contributed by atoms with Gasteiger partial charge in [-0.15, -0.1) is 0 Å². The quantitative estimate of drug-likeness (QED) is 0.633. The van der Waals surface area contributed by atoms with Crippen LogP contribution in [0.5, 0.6) is 0 Å². The van der Waals surface area contributed by atoms with Crippen molar-refractivity contribution in [3.05, 3.63) is 83.8 Å². The lowest BCUT2D eigenvalue weighted by atomic mass is 10.1. The number of amides is 2. The summed E-state index contributed by atoms with van der Waals surface area (Å²) in [6.07, 6.45) is -2.36. The summed E-state index contributed by atoms with van der Waals surface area (Å²) in [6.45, 7) is 0.258. The number of benzene rings is 1. The molecule has 0 spiro atoms. The number of hydrogen-bond donors (Lipinski definition) is 2. The average molecular weight is 441 g/mol. The van der Waals surface area contributed by atoms with E-state index in [4.69, 9.17) is 0 Å². The van der Waals surface area contributed by atoms with Gasteiger partial charge in [-0.1, -0.05) is 36.4 Å². The first kappa shape index (κ1) is 21.3. The Kier molecular flexibility index (Phi) is 5.76. The number of alkyl halides is 3. The van der Waals surface area contributed by atoms with Crippen LogP contribution in [-0.4, -0.2) is 34.5 Å². The maximum atomic E-state index is 13.6. The molecule has 1 aliphatic rings. The molecule has 2 N–H and O–H groups in total. The molecule has 7 nitrogen and oxygen atoms in total. The summed E-state index contributed by atoms with van der Waals surface area (Å²) in [5.74, 6) is -0.859. The van der Waals surface area contributed by atoms with Gasteiger partial charge in [0.2, 0.25) is 5.91 Å². The van der Waals surface area contributed by atoms with Gasteiger partial charge >= 0.3 is 6.18 Å². The molecule has 4 rings (SSSR count). The molecule has 0 saturated carbocycles. The fourth-order valence-corrected chi connectivity index (χ4v) is 3.33. The predicted molar refractivity (Wildman–Crippen MR) is 111 cm³/mol. The molecule has 164 valence electrons. The molecule has 0 radical (unpaired) electrons. The number of nitrogens with one attached hydrogen (secondary N) is 2. The van der Waals surface area contributed by atoms with E-state index in [9.17, 15) is 22.8 Å². The number of anilines is 2. The Hall–Kier alpha value is -3.95. The minimum absolute atomic E-state index is 0.0220. The van der Waals surface area contributed by atoms with Gasteiger partial charge in [-0.25, -0.2) is 4.98 Å². The molecular formula is C22H18F3N5O2. The highest BCUT2D eigenvalue weighted by Crippen LogP contribution is 2.33. The summed E-state index contributed by atoms with van der Waals surface area (Å²) in [5.41, 5.74) is 0.736. The van der Waals surface area contributed by atoms with E-state index in [-0.39, 0.29) is 30.3 Å². The van der Waals surface area contributed by atoms with Crippen LogP contribution in [0.25, 0.3) is 0 Å². The summed E-state index contributed by atoms with van der Waals surface area (Å²) < 4.78 is 40.7. The highest BCUT2D eigenvalue weighted by atomic mass is 19.4. The molecule has 1 aromatic carbocycles. The predicted octanol–water partition coefficient (Wildman–Crippen LogP) is 3.47. The largest absolute Gasteiger partial charge is 0.414 e. The van der Waals surface area contributed by atoms with Crippen LogP contribution in [0.15, 0.2) is 67.0 Å². The fraction of sp³-hybridized carbons (Fsp3) is 0.182. The number of hydrogen-bond acceptors (Lipinski definition) is 5. The van der Waals surface area contributed by atoms with Crippen LogP contribution in [0.3, 0.4) is 0 Å². The van der Waals surface area contributed by atoms with Crippen molar-refractivity contribution in [3.63, 3.8) is 0 Å². The molecule has 0 aliphatic carbocycles. The third kappa shape index (κ3) is 4.53. The second kappa shape index (κ2) is 8.66. The molecule has 10 heteroatoms. The van der Waals surface area contributed by atoms with E-state index in [2.05, 4.69) is 15.3 Å². The van der Waals surface area contributed by atoms with E-state index in [1.54, 1.807) is 0 Å². The molecule has 1 atom stereocenters. The molecule has 1 unspecified atom stereocenters. The van der Waals surface area contributed by atoms with Crippen LogP contribution in [0.4, 0.5) is 24.7 Å². The van der Waals surface area contributed by atoms with Gasteiger partial charge in [0.05, 0.1) is 30.0 Å². The van der Waals surface area contributed by atoms with Crippen LogP contribution in [-0.2, 0) is 11.3 Å². The third-order valence-corrected chi connectivity index (χ3v) is 4.90. The molecule has 0 fully saturated rings. The van der Waals surface area contributed by atoms with E-state index in [0.717, 1.165) is 5.56 Å². The molecule has 3 heterocycles. The molecule has 3 aromatic rings. The number of halogens is 3. The van der Waals surface area contributed by atoms with Crippen molar-refractivity contribution in [3.8, 4) is 0 Å². The SMILES string of the molecule is O=C(NC(c1ccccn1)C(F)(F)F)c1cnc2c(c1)N(Cc1ccccc1)C(=O)CN2. The van der Waals surface area contributed by atoms with Crippen molar-refractivity contribution >= 4 is 23.3 Å². The third-order valence-electron chi connectivity index (χ3n) is 4.90. The number of pyridine rings is 2. The van der Waals surface area contributed by atoms with Crippen LogP contribution in [0, 0.1) is 0 Å². The Labute approximate surface area is 181 Å². The van der Waals surface area contributed by atoms with E-state index in [0.29, 0.717) is 11.5 Å². The summed E-state index contributed by atoms with van der Waals surface area (Å²) in [5, 5.41) is 4.84. The zero-order chi connectivity index (χ0) is 22.7. The molecule has 2 amide bonds. The second-order valence-corrected chi connectivity index (χ2v) is 7.11. The normalized spacial score (nSPS) is 14.3. The smallest absolute Gasteiger partial charge is 0.359 e.